The molecule has 1 heterocycles. The number of hydrogen-bond donors (Lipinski definition) is 1. The average Bonchev–Trinajstić information content (AvgIpc) is 2.69. The lowest BCUT2D eigenvalue weighted by atomic mass is 9.94. The van der Waals surface area contributed by atoms with Gasteiger partial charge >= 0.3 is 0 Å². The molecule has 1 aliphatic rings. The second-order valence-corrected chi connectivity index (χ2v) is 7.49. The first-order valence-corrected chi connectivity index (χ1v) is 9.41. The van der Waals surface area contributed by atoms with Gasteiger partial charge in [-0.15, -0.1) is 0 Å². The molecule has 0 aliphatic carbocycles. The Hall–Kier alpha value is -3.15. The number of nitrogens with one attached hydrogen (secondary N) is 1. The maximum atomic E-state index is 13.2. The first kappa shape index (κ1) is 19.2. The molecule has 0 unspecified atom stereocenters. The lowest BCUT2D eigenvalue weighted by Crippen LogP contribution is -2.40. The zero-order valence-corrected chi connectivity index (χ0v) is 16.8. The summed E-state index contributed by atoms with van der Waals surface area (Å²) in [6, 6.07) is 13.4. The van der Waals surface area contributed by atoms with Gasteiger partial charge in [0.1, 0.15) is 0 Å². The fourth-order valence-corrected chi connectivity index (χ4v) is 3.74. The fourth-order valence-electron chi connectivity index (χ4n) is 3.28. The Bertz CT molecular complexity index is 1200. The Labute approximate surface area is 176 Å². The van der Waals surface area contributed by atoms with Crippen molar-refractivity contribution in [1.82, 2.24) is 0 Å². The maximum Gasteiger partial charge on any atom is 0.266 e. The number of amides is 3. The van der Waals surface area contributed by atoms with Gasteiger partial charge in [-0.3, -0.25) is 14.4 Å². The van der Waals surface area contributed by atoms with E-state index < -0.39 is 17.7 Å². The highest BCUT2D eigenvalue weighted by molar-refractivity contribution is 6.42. The summed E-state index contributed by atoms with van der Waals surface area (Å²) in [5.74, 6) is -1.39. The number of anilines is 2. The van der Waals surface area contributed by atoms with E-state index in [-0.39, 0.29) is 21.4 Å². The monoisotopic (exact) mass is 424 g/mol. The van der Waals surface area contributed by atoms with Crippen LogP contribution in [0.4, 0.5) is 11.4 Å². The molecule has 144 valence electrons. The van der Waals surface area contributed by atoms with E-state index in [1.54, 1.807) is 31.2 Å². The van der Waals surface area contributed by atoms with E-state index in [1.807, 2.05) is 12.1 Å². The Morgan fingerprint density at radius 3 is 2.10 bits per heavy atom. The number of hydrogen-bond acceptors (Lipinski definition) is 3. The smallest absolute Gasteiger partial charge is 0.266 e. The summed E-state index contributed by atoms with van der Waals surface area (Å²) >= 11 is 12.7. The van der Waals surface area contributed by atoms with Crippen LogP contribution in [0.5, 0.6) is 0 Å². The molecule has 5 nitrogen and oxygen atoms in total. The maximum absolute atomic E-state index is 13.2. The Morgan fingerprint density at radius 2 is 1.55 bits per heavy atom. The molecule has 1 N–H and O–H groups in total. The van der Waals surface area contributed by atoms with Gasteiger partial charge in [0.2, 0.25) is 0 Å². The predicted molar refractivity (Wildman–Crippen MR) is 115 cm³/mol. The summed E-state index contributed by atoms with van der Waals surface area (Å²) in [5.41, 5.74) is 1.51. The van der Waals surface area contributed by atoms with E-state index in [2.05, 4.69) is 11.9 Å². The first-order chi connectivity index (χ1) is 13.8. The zero-order chi connectivity index (χ0) is 20.9. The standard InChI is InChI=1S/C22H14Cl2N2O3/c1-11(2)20(27)25-17-9-16(24)18(10-15(17)23)26-21(28)13-7-3-5-12-6-4-8-14(19(12)13)22(26)29/h3-10H,1H2,2H3,(H,25,27). The minimum atomic E-state index is -0.490. The molecule has 0 saturated heterocycles. The van der Waals surface area contributed by atoms with Crippen molar-refractivity contribution in [2.75, 3.05) is 10.2 Å². The lowest BCUT2D eigenvalue weighted by Gasteiger charge is -2.28. The van der Waals surface area contributed by atoms with E-state index in [0.29, 0.717) is 22.1 Å². The Morgan fingerprint density at radius 1 is 0.966 bits per heavy atom. The van der Waals surface area contributed by atoms with Crippen LogP contribution in [-0.4, -0.2) is 17.7 Å². The number of nitrogens with zero attached hydrogens (tertiary/aromatic N) is 1. The van der Waals surface area contributed by atoms with Crippen LogP contribution in [0.1, 0.15) is 27.6 Å². The molecular formula is C22H14Cl2N2O3. The highest BCUT2D eigenvalue weighted by atomic mass is 35.5. The van der Waals surface area contributed by atoms with E-state index in [9.17, 15) is 14.4 Å². The Kier molecular flexibility index (Phi) is 4.65. The first-order valence-electron chi connectivity index (χ1n) is 8.66. The molecule has 3 aromatic rings. The highest BCUT2D eigenvalue weighted by Gasteiger charge is 2.35. The second-order valence-electron chi connectivity index (χ2n) is 6.67. The third-order valence-electron chi connectivity index (χ3n) is 4.68. The van der Waals surface area contributed by atoms with Gasteiger partial charge in [0, 0.05) is 22.1 Å². The lowest BCUT2D eigenvalue weighted by molar-refractivity contribution is -0.112. The minimum absolute atomic E-state index is 0.0969. The number of carbonyl (C=O) groups excluding carboxylic acids is 3. The van der Waals surface area contributed by atoms with E-state index >= 15 is 0 Å². The van der Waals surface area contributed by atoms with Crippen molar-refractivity contribution in [2.24, 2.45) is 0 Å². The van der Waals surface area contributed by atoms with Gasteiger partial charge in [-0.1, -0.05) is 54.0 Å². The molecule has 0 saturated carbocycles. The van der Waals surface area contributed by atoms with Crippen molar-refractivity contribution in [3.8, 4) is 0 Å². The number of halogens is 2. The van der Waals surface area contributed by atoms with Crippen LogP contribution >= 0.6 is 23.2 Å². The summed E-state index contributed by atoms with van der Waals surface area (Å²) in [6.45, 7) is 5.13. The average molecular weight is 425 g/mol. The van der Waals surface area contributed by atoms with Crippen molar-refractivity contribution in [3.63, 3.8) is 0 Å². The van der Waals surface area contributed by atoms with Crippen LogP contribution in [0.3, 0.4) is 0 Å². The zero-order valence-electron chi connectivity index (χ0n) is 15.3. The van der Waals surface area contributed by atoms with Crippen LogP contribution in [0.2, 0.25) is 10.0 Å². The molecule has 0 fully saturated rings. The van der Waals surface area contributed by atoms with Crippen molar-refractivity contribution in [1.29, 1.82) is 0 Å². The molecule has 29 heavy (non-hydrogen) atoms. The van der Waals surface area contributed by atoms with Gasteiger partial charge in [-0.05, 0) is 36.6 Å². The fraction of sp³-hybridized carbons (Fsp3) is 0.0455. The molecule has 1 aliphatic heterocycles. The highest BCUT2D eigenvalue weighted by Crippen LogP contribution is 2.39. The van der Waals surface area contributed by atoms with Gasteiger partial charge in [0.25, 0.3) is 17.7 Å². The molecule has 3 amide bonds. The van der Waals surface area contributed by atoms with Gasteiger partial charge in [0.05, 0.1) is 21.4 Å². The van der Waals surface area contributed by atoms with Crippen molar-refractivity contribution in [2.45, 2.75) is 6.92 Å². The number of rotatable bonds is 3. The molecule has 0 spiro atoms. The summed E-state index contributed by atoms with van der Waals surface area (Å²) in [4.78, 5) is 39.2. The van der Waals surface area contributed by atoms with Gasteiger partial charge in [0.15, 0.2) is 0 Å². The summed E-state index contributed by atoms with van der Waals surface area (Å²) in [5, 5.41) is 4.25. The van der Waals surface area contributed by atoms with Crippen LogP contribution in [0.15, 0.2) is 60.7 Å². The molecule has 0 atom stereocenters. The molecule has 0 bridgehead atoms. The number of carbonyl (C=O) groups is 3. The number of benzene rings is 3. The van der Waals surface area contributed by atoms with Crippen LogP contribution in [0.25, 0.3) is 10.8 Å². The van der Waals surface area contributed by atoms with Crippen molar-refractivity contribution >= 4 is 63.1 Å². The summed E-state index contributed by atoms with van der Waals surface area (Å²) in [6.07, 6.45) is 0. The minimum Gasteiger partial charge on any atom is -0.321 e. The topological polar surface area (TPSA) is 66.5 Å². The molecule has 7 heteroatoms. The Balaban J connectivity index is 1.83. The SMILES string of the molecule is C=C(C)C(=O)Nc1cc(Cl)c(N2C(=O)c3cccc4cccc(c34)C2=O)cc1Cl. The molecular weight excluding hydrogens is 411 g/mol. The van der Waals surface area contributed by atoms with Crippen molar-refractivity contribution in [3.05, 3.63) is 81.9 Å². The van der Waals surface area contributed by atoms with Crippen molar-refractivity contribution < 1.29 is 14.4 Å². The summed E-state index contributed by atoms with van der Waals surface area (Å²) < 4.78 is 0. The van der Waals surface area contributed by atoms with E-state index in [1.165, 1.54) is 12.1 Å². The van der Waals surface area contributed by atoms with Crippen LogP contribution < -0.4 is 10.2 Å². The van der Waals surface area contributed by atoms with Crippen LogP contribution in [0, 0.1) is 0 Å². The predicted octanol–water partition coefficient (Wildman–Crippen LogP) is 5.46. The summed E-state index contributed by atoms with van der Waals surface area (Å²) in [7, 11) is 0. The second kappa shape index (κ2) is 7.03. The van der Waals surface area contributed by atoms with Crippen LogP contribution in [-0.2, 0) is 4.79 Å². The molecule has 4 rings (SSSR count). The molecule has 0 aromatic heterocycles. The largest absolute Gasteiger partial charge is 0.321 e. The normalized spacial score (nSPS) is 13.0. The molecule has 0 radical (unpaired) electrons. The quantitative estimate of drug-likeness (QED) is 0.448. The molecule has 3 aromatic carbocycles. The van der Waals surface area contributed by atoms with Gasteiger partial charge in [-0.25, -0.2) is 4.90 Å². The van der Waals surface area contributed by atoms with E-state index in [4.69, 9.17) is 23.2 Å². The van der Waals surface area contributed by atoms with E-state index in [0.717, 1.165) is 10.3 Å². The number of imide groups is 1. The third-order valence-corrected chi connectivity index (χ3v) is 5.30. The van der Waals surface area contributed by atoms with Gasteiger partial charge in [-0.2, -0.15) is 0 Å². The third kappa shape index (κ3) is 3.09. The van der Waals surface area contributed by atoms with Gasteiger partial charge < -0.3 is 5.32 Å².